The predicted molar refractivity (Wildman–Crippen MR) is 105 cm³/mol. The molecule has 0 aliphatic carbocycles. The van der Waals surface area contributed by atoms with Gasteiger partial charge in [0.15, 0.2) is 0 Å². The van der Waals surface area contributed by atoms with E-state index in [1.807, 2.05) is 43.0 Å². The van der Waals surface area contributed by atoms with Crippen LogP contribution in [0.4, 0.5) is 0 Å². The second-order valence-corrected chi connectivity index (χ2v) is 7.35. The summed E-state index contributed by atoms with van der Waals surface area (Å²) in [6.07, 6.45) is 10.2. The average Bonchev–Trinajstić information content (AvgIpc) is 3.12. The first-order valence-corrected chi connectivity index (χ1v) is 9.39. The van der Waals surface area contributed by atoms with Gasteiger partial charge < -0.3 is 4.57 Å². The van der Waals surface area contributed by atoms with Gasteiger partial charge in [-0.25, -0.2) is 4.98 Å². The molecule has 1 unspecified atom stereocenters. The van der Waals surface area contributed by atoms with Gasteiger partial charge in [0.25, 0.3) is 0 Å². The highest BCUT2D eigenvalue weighted by atomic mass is 35.5. The number of nitrogens with zero attached hydrogens (tertiary/aromatic N) is 2. The summed E-state index contributed by atoms with van der Waals surface area (Å²) in [7, 11) is 0. The van der Waals surface area contributed by atoms with Crippen molar-refractivity contribution >= 4 is 23.2 Å². The molecule has 0 N–H and O–H groups in total. The van der Waals surface area contributed by atoms with Crippen LogP contribution in [-0.4, -0.2) is 9.55 Å². The summed E-state index contributed by atoms with van der Waals surface area (Å²) >= 11 is 12.0. The molecule has 1 aromatic heterocycles. The van der Waals surface area contributed by atoms with Crippen molar-refractivity contribution in [2.45, 2.75) is 32.2 Å². The predicted octanol–water partition coefficient (Wildman–Crippen LogP) is 6.07. The van der Waals surface area contributed by atoms with E-state index in [2.05, 4.69) is 33.8 Å². The van der Waals surface area contributed by atoms with Crippen LogP contribution in [0.3, 0.4) is 0 Å². The first-order chi connectivity index (χ1) is 12.2. The summed E-state index contributed by atoms with van der Waals surface area (Å²) in [6.45, 7) is 0.989. The molecule has 0 saturated heterocycles. The van der Waals surface area contributed by atoms with Crippen LogP contribution in [0, 0.1) is 5.92 Å². The average molecular weight is 373 g/mol. The first kappa shape index (κ1) is 18.0. The molecule has 4 heteroatoms. The Labute approximate surface area is 159 Å². The van der Waals surface area contributed by atoms with Gasteiger partial charge in [-0.15, -0.1) is 0 Å². The molecular weight excluding hydrogens is 351 g/mol. The number of rotatable bonds is 8. The SMILES string of the molecule is Clc1ccc(CCCC(Cc2ccc(Cl)cc2)Cn2ccnc2)cc1. The summed E-state index contributed by atoms with van der Waals surface area (Å²) in [5, 5.41) is 1.59. The zero-order valence-corrected chi connectivity index (χ0v) is 15.6. The van der Waals surface area contributed by atoms with Crippen molar-refractivity contribution in [1.29, 1.82) is 0 Å². The van der Waals surface area contributed by atoms with E-state index >= 15 is 0 Å². The van der Waals surface area contributed by atoms with E-state index in [0.717, 1.165) is 35.9 Å². The van der Waals surface area contributed by atoms with E-state index < -0.39 is 0 Å². The summed E-state index contributed by atoms with van der Waals surface area (Å²) in [5.74, 6) is 0.572. The molecule has 1 atom stereocenters. The van der Waals surface area contributed by atoms with E-state index in [9.17, 15) is 0 Å². The van der Waals surface area contributed by atoms with Gasteiger partial charge in [-0.1, -0.05) is 47.5 Å². The third kappa shape index (κ3) is 5.91. The number of imidazole rings is 1. The molecule has 3 aromatic rings. The molecule has 130 valence electrons. The minimum absolute atomic E-state index is 0.572. The monoisotopic (exact) mass is 372 g/mol. The molecule has 0 spiro atoms. The Morgan fingerprint density at radius 3 is 2.12 bits per heavy atom. The molecular formula is C21H22Cl2N2. The fourth-order valence-electron chi connectivity index (χ4n) is 3.15. The number of halogens is 2. The minimum Gasteiger partial charge on any atom is -0.337 e. The van der Waals surface area contributed by atoms with E-state index in [1.54, 1.807) is 0 Å². The molecule has 2 nitrogen and oxygen atoms in total. The summed E-state index contributed by atoms with van der Waals surface area (Å²) in [5.41, 5.74) is 2.68. The van der Waals surface area contributed by atoms with Gasteiger partial charge in [0.1, 0.15) is 0 Å². The number of hydrogen-bond donors (Lipinski definition) is 0. The van der Waals surface area contributed by atoms with E-state index in [1.165, 1.54) is 17.5 Å². The second kappa shape index (κ2) is 9.07. The van der Waals surface area contributed by atoms with E-state index in [-0.39, 0.29) is 0 Å². The molecule has 1 heterocycles. The lowest BCUT2D eigenvalue weighted by Gasteiger charge is -2.18. The van der Waals surface area contributed by atoms with Crippen LogP contribution in [0.25, 0.3) is 0 Å². The highest BCUT2D eigenvalue weighted by Crippen LogP contribution is 2.20. The minimum atomic E-state index is 0.572. The lowest BCUT2D eigenvalue weighted by atomic mass is 9.93. The summed E-state index contributed by atoms with van der Waals surface area (Å²) in [6, 6.07) is 16.4. The Bertz CT molecular complexity index is 750. The first-order valence-electron chi connectivity index (χ1n) is 8.63. The number of benzene rings is 2. The molecule has 0 saturated carbocycles. The van der Waals surface area contributed by atoms with Crippen LogP contribution >= 0.6 is 23.2 Å². The molecule has 0 radical (unpaired) electrons. The summed E-state index contributed by atoms with van der Waals surface area (Å²) in [4.78, 5) is 4.16. The molecule has 3 rings (SSSR count). The van der Waals surface area contributed by atoms with Crippen molar-refractivity contribution < 1.29 is 0 Å². The lowest BCUT2D eigenvalue weighted by molar-refractivity contribution is 0.401. The van der Waals surface area contributed by atoms with Crippen molar-refractivity contribution in [1.82, 2.24) is 9.55 Å². The highest BCUT2D eigenvalue weighted by Gasteiger charge is 2.11. The number of aromatic nitrogens is 2. The van der Waals surface area contributed by atoms with Crippen molar-refractivity contribution in [2.75, 3.05) is 0 Å². The van der Waals surface area contributed by atoms with Crippen LogP contribution in [0.5, 0.6) is 0 Å². The zero-order valence-electron chi connectivity index (χ0n) is 14.1. The van der Waals surface area contributed by atoms with E-state index in [4.69, 9.17) is 23.2 Å². The smallest absolute Gasteiger partial charge is 0.0945 e. The molecule has 0 bridgehead atoms. The fourth-order valence-corrected chi connectivity index (χ4v) is 3.40. The lowest BCUT2D eigenvalue weighted by Crippen LogP contribution is -2.13. The molecule has 25 heavy (non-hydrogen) atoms. The molecule has 0 aliphatic heterocycles. The van der Waals surface area contributed by atoms with Gasteiger partial charge >= 0.3 is 0 Å². The maximum Gasteiger partial charge on any atom is 0.0945 e. The quantitative estimate of drug-likeness (QED) is 0.468. The zero-order chi connectivity index (χ0) is 17.5. The van der Waals surface area contributed by atoms with Crippen LogP contribution in [0.2, 0.25) is 10.0 Å². The number of hydrogen-bond acceptors (Lipinski definition) is 1. The Hall–Kier alpha value is -1.77. The van der Waals surface area contributed by atoms with Crippen molar-refractivity contribution in [3.8, 4) is 0 Å². The normalized spacial score (nSPS) is 12.2. The third-order valence-electron chi connectivity index (χ3n) is 4.46. The van der Waals surface area contributed by atoms with Gasteiger partial charge in [-0.2, -0.15) is 0 Å². The van der Waals surface area contributed by atoms with Gasteiger partial charge in [0, 0.05) is 29.0 Å². The molecule has 0 fully saturated rings. The largest absolute Gasteiger partial charge is 0.337 e. The van der Waals surface area contributed by atoms with Crippen LogP contribution in [-0.2, 0) is 19.4 Å². The van der Waals surface area contributed by atoms with Gasteiger partial charge in [-0.05, 0) is 67.0 Å². The Morgan fingerprint density at radius 2 is 1.52 bits per heavy atom. The molecule has 0 aliphatic rings. The van der Waals surface area contributed by atoms with Crippen LogP contribution < -0.4 is 0 Å². The van der Waals surface area contributed by atoms with Gasteiger partial charge in [-0.3, -0.25) is 0 Å². The van der Waals surface area contributed by atoms with Gasteiger partial charge in [0.05, 0.1) is 6.33 Å². The fraction of sp³-hybridized carbons (Fsp3) is 0.286. The second-order valence-electron chi connectivity index (χ2n) is 6.47. The van der Waals surface area contributed by atoms with Crippen LogP contribution in [0.15, 0.2) is 67.3 Å². The maximum absolute atomic E-state index is 6.00. The maximum atomic E-state index is 6.00. The van der Waals surface area contributed by atoms with Crippen molar-refractivity contribution in [3.05, 3.63) is 88.4 Å². The highest BCUT2D eigenvalue weighted by molar-refractivity contribution is 6.30. The van der Waals surface area contributed by atoms with Gasteiger partial charge in [0.2, 0.25) is 0 Å². The Kier molecular flexibility index (Phi) is 6.55. The third-order valence-corrected chi connectivity index (χ3v) is 4.96. The Morgan fingerprint density at radius 1 is 0.880 bits per heavy atom. The molecule has 2 aromatic carbocycles. The summed E-state index contributed by atoms with van der Waals surface area (Å²) < 4.78 is 2.17. The molecule has 0 amide bonds. The number of aryl methyl sites for hydroxylation is 1. The van der Waals surface area contributed by atoms with Crippen molar-refractivity contribution in [3.63, 3.8) is 0 Å². The standard InChI is InChI=1S/C21H22Cl2N2/c22-20-8-4-17(5-9-20)2-1-3-19(15-25-13-12-24-16-25)14-18-6-10-21(23)11-7-18/h4-13,16,19H,1-3,14-15H2. The Balaban J connectivity index is 1.59. The topological polar surface area (TPSA) is 17.8 Å². The van der Waals surface area contributed by atoms with Crippen molar-refractivity contribution in [2.24, 2.45) is 5.92 Å². The van der Waals surface area contributed by atoms with Crippen LogP contribution in [0.1, 0.15) is 24.0 Å². The van der Waals surface area contributed by atoms with E-state index in [0.29, 0.717) is 5.92 Å².